The Morgan fingerprint density at radius 2 is 1.82 bits per heavy atom. The van der Waals surface area contributed by atoms with Crippen molar-refractivity contribution in [3.8, 4) is 0 Å². The number of aliphatic hydroxyl groups excluding tert-OH is 1. The minimum Gasteiger partial charge on any atom is -0.393 e. The molecule has 3 aliphatic rings. The highest BCUT2D eigenvalue weighted by molar-refractivity contribution is 4.90. The molecule has 1 N–H and O–H groups in total. The third-order valence-electron chi connectivity index (χ3n) is 2.21. The first kappa shape index (κ1) is 7.49. The van der Waals surface area contributed by atoms with E-state index in [1.165, 1.54) is 0 Å². The molecular weight excluding hydrogens is 148 g/mol. The molecule has 0 atom stereocenters. The highest BCUT2D eigenvalue weighted by atomic mass is 16.8. The van der Waals surface area contributed by atoms with Gasteiger partial charge in [0.15, 0.2) is 5.79 Å². The number of rotatable bonds is 1. The van der Waals surface area contributed by atoms with Crippen molar-refractivity contribution >= 4 is 0 Å². The van der Waals surface area contributed by atoms with Crippen LogP contribution in [0.1, 0.15) is 6.92 Å². The molecule has 0 aliphatic carbocycles. The average Bonchev–Trinajstić information content (AvgIpc) is 2.07. The summed E-state index contributed by atoms with van der Waals surface area (Å²) in [7, 11) is 0. The maximum atomic E-state index is 8.97. The van der Waals surface area contributed by atoms with Gasteiger partial charge in [0, 0.05) is 0 Å². The number of aliphatic hydroxyl groups is 1. The maximum absolute atomic E-state index is 8.97. The predicted molar refractivity (Wildman–Crippen MR) is 36.1 cm³/mol. The van der Waals surface area contributed by atoms with Crippen LogP contribution in [-0.4, -0.2) is 42.9 Å². The van der Waals surface area contributed by atoms with E-state index in [0.717, 1.165) is 0 Å². The topological polar surface area (TPSA) is 47.9 Å². The van der Waals surface area contributed by atoms with Gasteiger partial charge >= 0.3 is 0 Å². The molecule has 4 nitrogen and oxygen atoms in total. The van der Waals surface area contributed by atoms with Crippen molar-refractivity contribution in [1.29, 1.82) is 0 Å². The first-order valence-corrected chi connectivity index (χ1v) is 3.71. The van der Waals surface area contributed by atoms with E-state index < -0.39 is 11.4 Å². The Hall–Kier alpha value is -0.160. The van der Waals surface area contributed by atoms with E-state index in [9.17, 15) is 0 Å². The Kier molecular flexibility index (Phi) is 1.47. The Morgan fingerprint density at radius 1 is 1.18 bits per heavy atom. The summed E-state index contributed by atoms with van der Waals surface area (Å²) in [5.74, 6) is -0.572. The number of hydrogen-bond acceptors (Lipinski definition) is 4. The molecule has 3 aliphatic heterocycles. The summed E-state index contributed by atoms with van der Waals surface area (Å²) in [5.41, 5.74) is -0.586. The van der Waals surface area contributed by atoms with Crippen LogP contribution >= 0.6 is 0 Å². The van der Waals surface area contributed by atoms with Crippen LogP contribution in [0.5, 0.6) is 0 Å². The van der Waals surface area contributed by atoms with Crippen LogP contribution in [0.25, 0.3) is 0 Å². The Bertz CT molecular complexity index is 143. The van der Waals surface area contributed by atoms with Gasteiger partial charge in [-0.1, -0.05) is 0 Å². The summed E-state index contributed by atoms with van der Waals surface area (Å²) < 4.78 is 16.1. The van der Waals surface area contributed by atoms with Gasteiger partial charge < -0.3 is 19.3 Å². The smallest absolute Gasteiger partial charge is 0.189 e. The summed E-state index contributed by atoms with van der Waals surface area (Å²) in [4.78, 5) is 0. The highest BCUT2D eigenvalue weighted by Gasteiger charge is 2.49. The molecule has 3 rings (SSSR count). The maximum Gasteiger partial charge on any atom is 0.189 e. The van der Waals surface area contributed by atoms with Gasteiger partial charge in [-0.05, 0) is 6.92 Å². The van der Waals surface area contributed by atoms with E-state index in [2.05, 4.69) is 0 Å². The van der Waals surface area contributed by atoms with Crippen molar-refractivity contribution in [1.82, 2.24) is 0 Å². The van der Waals surface area contributed by atoms with Crippen molar-refractivity contribution < 1.29 is 19.3 Å². The Labute approximate surface area is 65.1 Å². The molecule has 2 bridgehead atoms. The fourth-order valence-corrected chi connectivity index (χ4v) is 1.24. The van der Waals surface area contributed by atoms with Crippen LogP contribution in [0.3, 0.4) is 0 Å². The molecule has 0 radical (unpaired) electrons. The standard InChI is InChI=1S/C7H12O4/c1-6-3-11-7(2-8,4-9-6)5-10-6/h8H,2-5H2,1H3. The van der Waals surface area contributed by atoms with Crippen molar-refractivity contribution in [2.24, 2.45) is 0 Å². The van der Waals surface area contributed by atoms with Gasteiger partial charge in [-0.2, -0.15) is 0 Å². The van der Waals surface area contributed by atoms with E-state index in [-0.39, 0.29) is 6.61 Å². The van der Waals surface area contributed by atoms with Crippen LogP contribution < -0.4 is 0 Å². The lowest BCUT2D eigenvalue weighted by atomic mass is 10.0. The molecule has 64 valence electrons. The van der Waals surface area contributed by atoms with Gasteiger partial charge in [-0.25, -0.2) is 0 Å². The first-order chi connectivity index (χ1) is 5.18. The molecule has 0 aromatic carbocycles. The predicted octanol–water partition coefficient (Wildman–Crippen LogP) is -0.489. The minimum atomic E-state index is -0.586. The monoisotopic (exact) mass is 160 g/mol. The van der Waals surface area contributed by atoms with Crippen LogP contribution in [-0.2, 0) is 14.2 Å². The molecule has 3 saturated heterocycles. The molecule has 0 amide bonds. The molecule has 0 spiro atoms. The molecule has 0 aromatic rings. The van der Waals surface area contributed by atoms with Gasteiger partial charge in [0.1, 0.15) is 12.2 Å². The Morgan fingerprint density at radius 3 is 2.18 bits per heavy atom. The van der Waals surface area contributed by atoms with Crippen molar-refractivity contribution in [2.75, 3.05) is 26.4 Å². The number of ether oxygens (including phenoxy) is 3. The van der Waals surface area contributed by atoms with E-state index in [0.29, 0.717) is 19.8 Å². The molecule has 3 heterocycles. The lowest BCUT2D eigenvalue weighted by molar-refractivity contribution is -0.393. The summed E-state index contributed by atoms with van der Waals surface area (Å²) in [6.07, 6.45) is 0. The third kappa shape index (κ3) is 1.06. The van der Waals surface area contributed by atoms with Gasteiger partial charge in [0.2, 0.25) is 0 Å². The fourth-order valence-electron chi connectivity index (χ4n) is 1.24. The molecule has 0 unspecified atom stereocenters. The summed E-state index contributed by atoms with van der Waals surface area (Å²) in [5, 5.41) is 8.97. The molecule has 11 heavy (non-hydrogen) atoms. The summed E-state index contributed by atoms with van der Waals surface area (Å²) >= 11 is 0. The third-order valence-corrected chi connectivity index (χ3v) is 2.21. The van der Waals surface area contributed by atoms with Crippen molar-refractivity contribution in [3.05, 3.63) is 0 Å². The second kappa shape index (κ2) is 2.17. The molecule has 4 heteroatoms. The highest BCUT2D eigenvalue weighted by Crippen LogP contribution is 2.33. The van der Waals surface area contributed by atoms with E-state index in [4.69, 9.17) is 19.3 Å². The largest absolute Gasteiger partial charge is 0.393 e. The number of hydrogen-bond donors (Lipinski definition) is 1. The summed E-state index contributed by atoms with van der Waals surface area (Å²) in [6.45, 7) is 3.07. The minimum absolute atomic E-state index is 0.0386. The molecule has 3 fully saturated rings. The van der Waals surface area contributed by atoms with Gasteiger partial charge in [-0.15, -0.1) is 0 Å². The Balaban J connectivity index is 2.12. The van der Waals surface area contributed by atoms with Crippen LogP contribution in [0.2, 0.25) is 0 Å². The molecule has 0 aromatic heterocycles. The lowest BCUT2D eigenvalue weighted by Gasteiger charge is -2.49. The van der Waals surface area contributed by atoms with Gasteiger partial charge in [-0.3, -0.25) is 0 Å². The first-order valence-electron chi connectivity index (χ1n) is 3.71. The van der Waals surface area contributed by atoms with Gasteiger partial charge in [0.25, 0.3) is 0 Å². The molecular formula is C7H12O4. The van der Waals surface area contributed by atoms with E-state index >= 15 is 0 Å². The zero-order chi connectivity index (χ0) is 7.95. The zero-order valence-electron chi connectivity index (χ0n) is 6.50. The van der Waals surface area contributed by atoms with Crippen molar-refractivity contribution in [2.45, 2.75) is 18.3 Å². The zero-order valence-corrected chi connectivity index (χ0v) is 6.50. The SMILES string of the molecule is CC12COC(CO)(CO1)CO2. The molecule has 0 saturated carbocycles. The average molecular weight is 160 g/mol. The van der Waals surface area contributed by atoms with Crippen LogP contribution in [0.15, 0.2) is 0 Å². The second-order valence-electron chi connectivity index (χ2n) is 3.34. The van der Waals surface area contributed by atoms with Crippen molar-refractivity contribution in [3.63, 3.8) is 0 Å². The van der Waals surface area contributed by atoms with E-state index in [1.807, 2.05) is 6.92 Å². The summed E-state index contributed by atoms with van der Waals surface area (Å²) in [6, 6.07) is 0. The van der Waals surface area contributed by atoms with E-state index in [1.54, 1.807) is 0 Å². The lowest BCUT2D eigenvalue weighted by Crippen LogP contribution is -2.64. The fraction of sp³-hybridized carbons (Fsp3) is 1.00. The van der Waals surface area contributed by atoms with Gasteiger partial charge in [0.05, 0.1) is 19.8 Å². The normalized spacial score (nSPS) is 49.6. The quantitative estimate of drug-likeness (QED) is 0.562. The van der Waals surface area contributed by atoms with Crippen LogP contribution in [0, 0.1) is 0 Å². The number of fused-ring (bicyclic) bond motifs is 3. The van der Waals surface area contributed by atoms with Crippen LogP contribution in [0.4, 0.5) is 0 Å². The second-order valence-corrected chi connectivity index (χ2v) is 3.34.